The fourth-order valence-electron chi connectivity index (χ4n) is 3.82. The summed E-state index contributed by atoms with van der Waals surface area (Å²) in [6.07, 6.45) is 2.27. The topological polar surface area (TPSA) is 94.3 Å². The summed E-state index contributed by atoms with van der Waals surface area (Å²) in [6, 6.07) is 14.8. The van der Waals surface area contributed by atoms with E-state index in [4.69, 9.17) is 11.6 Å². The van der Waals surface area contributed by atoms with Gasteiger partial charge >= 0.3 is 0 Å². The van der Waals surface area contributed by atoms with Crippen molar-refractivity contribution in [3.63, 3.8) is 0 Å². The predicted octanol–water partition coefficient (Wildman–Crippen LogP) is 2.65. The SMILES string of the molecule is O=C(Cc1c[nH]c2ccccc12)NCCNC(=O)[C@H]1CC(=O)N(c2cccc(Cl)c2)C1. The van der Waals surface area contributed by atoms with Gasteiger partial charge in [0.25, 0.3) is 0 Å². The number of amides is 3. The zero-order valence-corrected chi connectivity index (χ0v) is 17.6. The van der Waals surface area contributed by atoms with E-state index in [-0.39, 0.29) is 30.6 Å². The van der Waals surface area contributed by atoms with Crippen molar-refractivity contribution in [1.29, 1.82) is 0 Å². The Labute approximate surface area is 184 Å². The highest BCUT2D eigenvalue weighted by Crippen LogP contribution is 2.27. The zero-order chi connectivity index (χ0) is 21.8. The van der Waals surface area contributed by atoms with Crippen LogP contribution in [0.3, 0.4) is 0 Å². The third-order valence-electron chi connectivity index (χ3n) is 5.39. The molecule has 1 aliphatic rings. The van der Waals surface area contributed by atoms with Crippen LogP contribution >= 0.6 is 11.6 Å². The van der Waals surface area contributed by atoms with Crippen LogP contribution in [0.25, 0.3) is 10.9 Å². The van der Waals surface area contributed by atoms with Gasteiger partial charge in [0.05, 0.1) is 12.3 Å². The molecular weight excluding hydrogens is 416 g/mol. The lowest BCUT2D eigenvalue weighted by molar-refractivity contribution is -0.126. The van der Waals surface area contributed by atoms with Gasteiger partial charge in [0.1, 0.15) is 0 Å². The smallest absolute Gasteiger partial charge is 0.227 e. The number of hydrogen-bond acceptors (Lipinski definition) is 3. The van der Waals surface area contributed by atoms with E-state index in [1.807, 2.05) is 30.5 Å². The molecule has 0 bridgehead atoms. The normalized spacial score (nSPS) is 16.0. The molecule has 0 saturated carbocycles. The first-order valence-corrected chi connectivity index (χ1v) is 10.5. The van der Waals surface area contributed by atoms with Gasteiger partial charge in [-0.05, 0) is 29.8 Å². The molecule has 31 heavy (non-hydrogen) atoms. The Hall–Kier alpha value is -3.32. The average molecular weight is 439 g/mol. The van der Waals surface area contributed by atoms with Crippen molar-refractivity contribution in [2.45, 2.75) is 12.8 Å². The van der Waals surface area contributed by atoms with E-state index in [1.165, 1.54) is 0 Å². The summed E-state index contributed by atoms with van der Waals surface area (Å²) in [6.45, 7) is 0.948. The number of carbonyl (C=O) groups excluding carboxylic acids is 3. The number of nitrogens with one attached hydrogen (secondary N) is 3. The molecule has 1 aliphatic heterocycles. The molecule has 7 nitrogen and oxygen atoms in total. The van der Waals surface area contributed by atoms with Crippen LogP contribution in [0.15, 0.2) is 54.7 Å². The summed E-state index contributed by atoms with van der Waals surface area (Å²) >= 11 is 6.00. The molecule has 3 N–H and O–H groups in total. The van der Waals surface area contributed by atoms with Crippen molar-refractivity contribution in [1.82, 2.24) is 15.6 Å². The first kappa shape index (κ1) is 20.9. The van der Waals surface area contributed by atoms with Crippen molar-refractivity contribution in [3.8, 4) is 0 Å². The van der Waals surface area contributed by atoms with Crippen molar-refractivity contribution >= 4 is 45.9 Å². The first-order valence-electron chi connectivity index (χ1n) is 10.2. The predicted molar refractivity (Wildman–Crippen MR) is 120 cm³/mol. The summed E-state index contributed by atoms with van der Waals surface area (Å²) in [4.78, 5) is 41.7. The molecule has 1 atom stereocenters. The lowest BCUT2D eigenvalue weighted by Gasteiger charge is -2.17. The Balaban J connectivity index is 1.21. The lowest BCUT2D eigenvalue weighted by atomic mass is 10.1. The number of nitrogens with zero attached hydrogens (tertiary/aromatic N) is 1. The number of benzene rings is 2. The molecule has 4 rings (SSSR count). The third kappa shape index (κ3) is 4.88. The van der Waals surface area contributed by atoms with Crippen molar-refractivity contribution < 1.29 is 14.4 Å². The third-order valence-corrected chi connectivity index (χ3v) is 5.62. The van der Waals surface area contributed by atoms with E-state index in [9.17, 15) is 14.4 Å². The molecule has 1 aromatic heterocycles. The highest BCUT2D eigenvalue weighted by molar-refractivity contribution is 6.31. The average Bonchev–Trinajstić information content (AvgIpc) is 3.35. The molecule has 0 spiro atoms. The molecule has 1 saturated heterocycles. The Kier molecular flexibility index (Phi) is 6.23. The molecule has 1 fully saturated rings. The number of rotatable bonds is 7. The van der Waals surface area contributed by atoms with Crippen LogP contribution in [-0.4, -0.2) is 42.3 Å². The molecule has 0 unspecified atom stereocenters. The van der Waals surface area contributed by atoms with E-state index in [0.717, 1.165) is 16.5 Å². The molecule has 0 radical (unpaired) electrons. The number of hydrogen-bond donors (Lipinski definition) is 3. The number of anilines is 1. The molecule has 3 aromatic rings. The molecule has 3 amide bonds. The molecular formula is C23H23ClN4O3. The second-order valence-electron chi connectivity index (χ2n) is 7.56. The highest BCUT2D eigenvalue weighted by Gasteiger charge is 2.35. The van der Waals surface area contributed by atoms with Crippen LogP contribution in [0.5, 0.6) is 0 Å². The summed E-state index contributed by atoms with van der Waals surface area (Å²) in [7, 11) is 0. The monoisotopic (exact) mass is 438 g/mol. The van der Waals surface area contributed by atoms with E-state index in [1.54, 1.807) is 29.2 Å². The Morgan fingerprint density at radius 2 is 1.90 bits per heavy atom. The number of aromatic amines is 1. The first-order chi connectivity index (χ1) is 15.0. The quantitative estimate of drug-likeness (QED) is 0.495. The van der Waals surface area contributed by atoms with Gasteiger partial charge in [-0.3, -0.25) is 14.4 Å². The summed E-state index contributed by atoms with van der Waals surface area (Å²) in [5.74, 6) is -0.825. The van der Waals surface area contributed by atoms with Gasteiger partial charge in [0.15, 0.2) is 0 Å². The highest BCUT2D eigenvalue weighted by atomic mass is 35.5. The standard InChI is InChI=1S/C23H23ClN4O3/c24-17-4-3-5-18(12-17)28-14-16(11-22(28)30)23(31)26-9-8-25-21(29)10-15-13-27-20-7-2-1-6-19(15)20/h1-7,12-13,16,27H,8-11,14H2,(H,25,29)(H,26,31)/t16-/m0/s1. The van der Waals surface area contributed by atoms with Gasteiger partial charge in [0.2, 0.25) is 17.7 Å². The Bertz CT molecular complexity index is 1130. The largest absolute Gasteiger partial charge is 0.361 e. The maximum atomic E-state index is 12.4. The minimum Gasteiger partial charge on any atom is -0.361 e. The van der Waals surface area contributed by atoms with Crippen LogP contribution in [0.2, 0.25) is 5.02 Å². The Morgan fingerprint density at radius 1 is 1.10 bits per heavy atom. The molecule has 2 heterocycles. The van der Waals surface area contributed by atoms with Crippen molar-refractivity contribution in [2.24, 2.45) is 5.92 Å². The fourth-order valence-corrected chi connectivity index (χ4v) is 4.01. The molecule has 8 heteroatoms. The number of halogens is 1. The fraction of sp³-hybridized carbons (Fsp3) is 0.261. The number of aromatic nitrogens is 1. The summed E-state index contributed by atoms with van der Waals surface area (Å²) < 4.78 is 0. The number of carbonyl (C=O) groups is 3. The maximum Gasteiger partial charge on any atom is 0.227 e. The van der Waals surface area contributed by atoms with Gasteiger partial charge < -0.3 is 20.5 Å². The van der Waals surface area contributed by atoms with E-state index < -0.39 is 5.92 Å². The van der Waals surface area contributed by atoms with Gasteiger partial charge in [-0.25, -0.2) is 0 Å². The van der Waals surface area contributed by atoms with Crippen molar-refractivity contribution in [3.05, 3.63) is 65.3 Å². The molecule has 160 valence electrons. The summed E-state index contributed by atoms with van der Waals surface area (Å²) in [5, 5.41) is 7.20. The van der Waals surface area contributed by atoms with E-state index in [0.29, 0.717) is 30.3 Å². The minimum absolute atomic E-state index is 0.102. The number of fused-ring (bicyclic) bond motifs is 1. The minimum atomic E-state index is -0.423. The second-order valence-corrected chi connectivity index (χ2v) is 8.00. The number of H-pyrrole nitrogens is 1. The maximum absolute atomic E-state index is 12.4. The lowest BCUT2D eigenvalue weighted by Crippen LogP contribution is -2.38. The second kappa shape index (κ2) is 9.22. The van der Waals surface area contributed by atoms with Gasteiger partial charge in [-0.2, -0.15) is 0 Å². The van der Waals surface area contributed by atoms with E-state index >= 15 is 0 Å². The van der Waals surface area contributed by atoms with Gasteiger partial charge in [-0.15, -0.1) is 0 Å². The molecule has 0 aliphatic carbocycles. The van der Waals surface area contributed by atoms with E-state index in [2.05, 4.69) is 15.6 Å². The zero-order valence-electron chi connectivity index (χ0n) is 16.9. The summed E-state index contributed by atoms with van der Waals surface area (Å²) in [5.41, 5.74) is 2.62. The number of para-hydroxylation sites is 1. The van der Waals surface area contributed by atoms with Crippen LogP contribution in [0.4, 0.5) is 5.69 Å². The molecule has 2 aromatic carbocycles. The van der Waals surface area contributed by atoms with Crippen molar-refractivity contribution in [2.75, 3.05) is 24.5 Å². The van der Waals surface area contributed by atoms with Gasteiger partial charge in [0, 0.05) is 53.9 Å². The van der Waals surface area contributed by atoms with Gasteiger partial charge in [-0.1, -0.05) is 35.9 Å². The van der Waals surface area contributed by atoms with Crippen LogP contribution < -0.4 is 15.5 Å². The van der Waals surface area contributed by atoms with Crippen LogP contribution in [-0.2, 0) is 20.8 Å². The van der Waals surface area contributed by atoms with Crippen LogP contribution in [0, 0.1) is 5.92 Å². The Morgan fingerprint density at radius 3 is 2.74 bits per heavy atom. The van der Waals surface area contributed by atoms with Crippen LogP contribution in [0.1, 0.15) is 12.0 Å².